The molecule has 0 unspecified atom stereocenters. The van der Waals surface area contributed by atoms with Gasteiger partial charge in [0.2, 0.25) is 0 Å². The molecule has 1 N–H and O–H groups in total. The quantitative estimate of drug-likeness (QED) is 0.870. The molecule has 0 amide bonds. The van der Waals surface area contributed by atoms with Gasteiger partial charge in [0.05, 0.1) is 23.9 Å². The number of hydrogen-bond acceptors (Lipinski definition) is 4. The topological polar surface area (TPSA) is 64.1 Å². The summed E-state index contributed by atoms with van der Waals surface area (Å²) in [6.45, 7) is 0.338. The first kappa shape index (κ1) is 13.1. The number of rotatable bonds is 4. The van der Waals surface area contributed by atoms with Gasteiger partial charge in [0.15, 0.2) is 4.77 Å². The fourth-order valence-electron chi connectivity index (χ4n) is 1.74. The molecule has 2 aromatic rings. The number of hydrogen-bond donors (Lipinski definition) is 1. The highest BCUT2D eigenvalue weighted by Crippen LogP contribution is 2.20. The minimum atomic E-state index is -3.01. The summed E-state index contributed by atoms with van der Waals surface area (Å²) >= 11 is 5.19. The van der Waals surface area contributed by atoms with Crippen LogP contribution in [0.5, 0.6) is 5.75 Å². The Morgan fingerprint density at radius 1 is 1.44 bits per heavy atom. The van der Waals surface area contributed by atoms with Crippen molar-refractivity contribution in [3.05, 3.63) is 23.0 Å². The van der Waals surface area contributed by atoms with E-state index in [1.54, 1.807) is 11.7 Å². The molecule has 18 heavy (non-hydrogen) atoms. The maximum atomic E-state index is 11.2. The number of nitrogens with zero attached hydrogens (tertiary/aromatic N) is 1. The molecule has 1 aromatic heterocycles. The standard InChI is InChI=1S/C11H14N2O3S2/c1-16-8-3-4-9-10(7-8)13(11(17)12-9)5-6-18(2,14)15/h3-4,7H,5-6H2,1-2H3,(H,12,17). The van der Waals surface area contributed by atoms with Crippen molar-refractivity contribution in [1.82, 2.24) is 9.55 Å². The molecule has 0 radical (unpaired) electrons. The molecule has 0 bridgehead atoms. The summed E-state index contributed by atoms with van der Waals surface area (Å²) in [7, 11) is -1.43. The zero-order valence-corrected chi connectivity index (χ0v) is 11.8. The van der Waals surface area contributed by atoms with Gasteiger partial charge in [-0.3, -0.25) is 0 Å². The van der Waals surface area contributed by atoms with E-state index in [9.17, 15) is 8.42 Å². The Hall–Kier alpha value is -1.34. The molecule has 1 heterocycles. The predicted molar refractivity (Wildman–Crippen MR) is 73.4 cm³/mol. The lowest BCUT2D eigenvalue weighted by atomic mass is 10.3. The molecular formula is C11H14N2O3S2. The van der Waals surface area contributed by atoms with Gasteiger partial charge < -0.3 is 14.3 Å². The number of benzene rings is 1. The van der Waals surface area contributed by atoms with E-state index in [4.69, 9.17) is 17.0 Å². The SMILES string of the molecule is COc1ccc2[nH]c(=S)n(CCS(C)(=O)=O)c2c1. The van der Waals surface area contributed by atoms with Crippen LogP contribution in [0.15, 0.2) is 18.2 Å². The Kier molecular flexibility index (Phi) is 3.45. The molecule has 0 saturated carbocycles. The largest absolute Gasteiger partial charge is 0.497 e. The number of H-pyrrole nitrogens is 1. The third kappa shape index (κ3) is 2.73. The second-order valence-corrected chi connectivity index (χ2v) is 6.74. The highest BCUT2D eigenvalue weighted by molar-refractivity contribution is 7.90. The summed E-state index contributed by atoms with van der Waals surface area (Å²) in [5.74, 6) is 0.774. The van der Waals surface area contributed by atoms with Gasteiger partial charge in [-0.25, -0.2) is 8.42 Å². The number of ether oxygens (including phenoxy) is 1. The van der Waals surface area contributed by atoms with Crippen LogP contribution in [-0.4, -0.2) is 37.1 Å². The Morgan fingerprint density at radius 3 is 2.78 bits per heavy atom. The second-order valence-electron chi connectivity index (χ2n) is 4.09. The summed E-state index contributed by atoms with van der Waals surface area (Å²) < 4.78 is 29.9. The van der Waals surface area contributed by atoms with Crippen LogP contribution in [0.25, 0.3) is 11.0 Å². The first-order valence-corrected chi connectivity index (χ1v) is 7.82. The first-order valence-electron chi connectivity index (χ1n) is 5.35. The maximum Gasteiger partial charge on any atom is 0.178 e. The van der Waals surface area contributed by atoms with Crippen LogP contribution < -0.4 is 4.74 Å². The molecule has 0 spiro atoms. The highest BCUT2D eigenvalue weighted by atomic mass is 32.2. The van der Waals surface area contributed by atoms with Crippen LogP contribution in [0.2, 0.25) is 0 Å². The van der Waals surface area contributed by atoms with E-state index in [0.29, 0.717) is 17.1 Å². The normalized spacial score (nSPS) is 11.9. The van der Waals surface area contributed by atoms with Crippen molar-refractivity contribution in [2.75, 3.05) is 19.1 Å². The summed E-state index contributed by atoms with van der Waals surface area (Å²) in [6.07, 6.45) is 1.21. The van der Waals surface area contributed by atoms with Crippen LogP contribution >= 0.6 is 12.2 Å². The number of imidazole rings is 1. The van der Waals surface area contributed by atoms with Gasteiger partial charge in [0.25, 0.3) is 0 Å². The summed E-state index contributed by atoms with van der Waals surface area (Å²) in [5.41, 5.74) is 1.72. The third-order valence-electron chi connectivity index (χ3n) is 2.67. The Bertz CT molecular complexity index is 728. The minimum Gasteiger partial charge on any atom is -0.497 e. The number of aryl methyl sites for hydroxylation is 1. The Labute approximate surface area is 110 Å². The molecule has 0 fully saturated rings. The van der Waals surface area contributed by atoms with E-state index in [0.717, 1.165) is 11.0 Å². The fourth-order valence-corrected chi connectivity index (χ4v) is 2.55. The number of nitrogens with one attached hydrogen (secondary N) is 1. The van der Waals surface area contributed by atoms with Gasteiger partial charge in [0, 0.05) is 18.9 Å². The molecule has 0 aliphatic rings. The van der Waals surface area contributed by atoms with Crippen molar-refractivity contribution < 1.29 is 13.2 Å². The molecule has 0 aliphatic carbocycles. The van der Waals surface area contributed by atoms with Crippen molar-refractivity contribution in [3.63, 3.8) is 0 Å². The average molecular weight is 286 g/mol. The lowest BCUT2D eigenvalue weighted by molar-refractivity contribution is 0.415. The van der Waals surface area contributed by atoms with Gasteiger partial charge in [-0.15, -0.1) is 0 Å². The average Bonchev–Trinajstić information content (AvgIpc) is 2.60. The van der Waals surface area contributed by atoms with Gasteiger partial charge in [0.1, 0.15) is 15.6 Å². The summed E-state index contributed by atoms with van der Waals surface area (Å²) in [5, 5.41) is 0. The van der Waals surface area contributed by atoms with Gasteiger partial charge >= 0.3 is 0 Å². The fraction of sp³-hybridized carbons (Fsp3) is 0.364. The summed E-state index contributed by atoms with van der Waals surface area (Å²) in [6, 6.07) is 5.53. The van der Waals surface area contributed by atoms with Crippen LogP contribution in [0, 0.1) is 4.77 Å². The Morgan fingerprint density at radius 2 is 2.17 bits per heavy atom. The number of sulfone groups is 1. The van der Waals surface area contributed by atoms with Gasteiger partial charge in [-0.05, 0) is 24.4 Å². The smallest absolute Gasteiger partial charge is 0.178 e. The highest BCUT2D eigenvalue weighted by Gasteiger charge is 2.08. The molecule has 5 nitrogen and oxygen atoms in total. The van der Waals surface area contributed by atoms with Crippen molar-refractivity contribution >= 4 is 33.1 Å². The number of fused-ring (bicyclic) bond motifs is 1. The zero-order chi connectivity index (χ0) is 13.3. The van der Waals surface area contributed by atoms with E-state index in [1.807, 2.05) is 18.2 Å². The molecule has 98 valence electrons. The van der Waals surface area contributed by atoms with Crippen LogP contribution in [0.3, 0.4) is 0 Å². The van der Waals surface area contributed by atoms with Crippen molar-refractivity contribution in [2.24, 2.45) is 0 Å². The number of methoxy groups -OCH3 is 1. The van der Waals surface area contributed by atoms with Crippen molar-refractivity contribution in [1.29, 1.82) is 0 Å². The number of aromatic nitrogens is 2. The lowest BCUT2D eigenvalue weighted by Gasteiger charge is -2.04. The lowest BCUT2D eigenvalue weighted by Crippen LogP contribution is -2.11. The van der Waals surface area contributed by atoms with Crippen LogP contribution in [0.1, 0.15) is 0 Å². The van der Waals surface area contributed by atoms with E-state index in [-0.39, 0.29) is 5.75 Å². The molecular weight excluding hydrogens is 272 g/mol. The Balaban J connectivity index is 2.48. The molecule has 7 heteroatoms. The van der Waals surface area contributed by atoms with E-state index in [2.05, 4.69) is 4.98 Å². The third-order valence-corrected chi connectivity index (χ3v) is 3.91. The molecule has 0 atom stereocenters. The minimum absolute atomic E-state index is 0.0610. The molecule has 2 rings (SSSR count). The second kappa shape index (κ2) is 4.74. The van der Waals surface area contributed by atoms with E-state index in [1.165, 1.54) is 6.26 Å². The monoisotopic (exact) mass is 286 g/mol. The molecule has 1 aromatic carbocycles. The van der Waals surface area contributed by atoms with Gasteiger partial charge in [-0.1, -0.05) is 0 Å². The van der Waals surface area contributed by atoms with E-state index >= 15 is 0 Å². The zero-order valence-electron chi connectivity index (χ0n) is 10.1. The van der Waals surface area contributed by atoms with E-state index < -0.39 is 9.84 Å². The van der Waals surface area contributed by atoms with Crippen LogP contribution in [0.4, 0.5) is 0 Å². The van der Waals surface area contributed by atoms with Crippen molar-refractivity contribution in [2.45, 2.75) is 6.54 Å². The molecule has 0 aliphatic heterocycles. The van der Waals surface area contributed by atoms with Crippen LogP contribution in [-0.2, 0) is 16.4 Å². The summed E-state index contributed by atoms with van der Waals surface area (Å²) in [4.78, 5) is 3.04. The first-order chi connectivity index (χ1) is 8.40. The van der Waals surface area contributed by atoms with Gasteiger partial charge in [-0.2, -0.15) is 0 Å². The van der Waals surface area contributed by atoms with Crippen molar-refractivity contribution in [3.8, 4) is 5.75 Å². The molecule has 0 saturated heterocycles. The number of aromatic amines is 1. The maximum absolute atomic E-state index is 11.2. The predicted octanol–water partition coefficient (Wildman–Crippen LogP) is 1.75.